The third-order valence-corrected chi connectivity index (χ3v) is 14.3. The number of benzene rings is 5. The Morgan fingerprint density at radius 1 is 0.549 bits per heavy atom. The lowest BCUT2D eigenvalue weighted by molar-refractivity contribution is -0.140. The van der Waals surface area contributed by atoms with E-state index in [-0.39, 0.29) is 66.7 Å². The Hall–Kier alpha value is -6.64. The summed E-state index contributed by atoms with van der Waals surface area (Å²) in [6.45, 7) is 15.6. The van der Waals surface area contributed by atoms with E-state index in [0.717, 1.165) is 32.7 Å². The SMILES string of the molecule is CN[C@@H](C)C(=O)N[C@H](C(=O)N1C[C@@H](NC(=O)c2ccc(C(=O)N[C@H]3C[C@@H](Cc4cccc5ccccc45)N(C(=O)[C@@H](NC(=O)[C@H](C)NC)C(C)(C)C)C3)cc2)CC1c1cccc2ccccc12)C(C)(C)C. The lowest BCUT2D eigenvalue weighted by Gasteiger charge is -2.36. The molecule has 2 heterocycles. The fraction of sp³-hybridized carbons (Fsp3) is 0.439. The number of hydrogen-bond acceptors (Lipinski definition) is 8. The summed E-state index contributed by atoms with van der Waals surface area (Å²) in [6.07, 6.45) is 1.50. The van der Waals surface area contributed by atoms with Crippen LogP contribution in [0.1, 0.15) is 106 Å². The van der Waals surface area contributed by atoms with Crippen molar-refractivity contribution in [3.63, 3.8) is 0 Å². The number of likely N-dealkylation sites (tertiary alicyclic amines) is 2. The lowest BCUT2D eigenvalue weighted by Crippen LogP contribution is -2.58. The van der Waals surface area contributed by atoms with Gasteiger partial charge >= 0.3 is 0 Å². The monoisotopic (exact) mass is 965 g/mol. The number of fused-ring (bicyclic) bond motifs is 2. The van der Waals surface area contributed by atoms with E-state index in [1.165, 1.54) is 0 Å². The molecular weight excluding hydrogens is 893 g/mol. The third kappa shape index (κ3) is 11.9. The normalized spacial score (nSPS) is 20.0. The van der Waals surface area contributed by atoms with Crippen molar-refractivity contribution in [1.29, 1.82) is 0 Å². The molecule has 6 N–H and O–H groups in total. The molecule has 0 radical (unpaired) electrons. The van der Waals surface area contributed by atoms with Gasteiger partial charge in [-0.15, -0.1) is 0 Å². The minimum atomic E-state index is -0.834. The van der Waals surface area contributed by atoms with Crippen LogP contribution in [0.5, 0.6) is 0 Å². The zero-order valence-corrected chi connectivity index (χ0v) is 42.9. The summed E-state index contributed by atoms with van der Waals surface area (Å²) in [5.41, 5.74) is 1.53. The van der Waals surface area contributed by atoms with Gasteiger partial charge in [-0.05, 0) is 115 Å². The molecule has 2 aliphatic rings. The van der Waals surface area contributed by atoms with Gasteiger partial charge in [-0.25, -0.2) is 0 Å². The smallest absolute Gasteiger partial charge is 0.251 e. The quantitative estimate of drug-likeness (QED) is 0.0709. The lowest BCUT2D eigenvalue weighted by atomic mass is 9.85. The highest BCUT2D eigenvalue weighted by Gasteiger charge is 2.45. The highest BCUT2D eigenvalue weighted by Crippen LogP contribution is 2.38. The number of carbonyl (C=O) groups is 6. The molecule has 0 spiro atoms. The molecule has 71 heavy (non-hydrogen) atoms. The molecule has 0 aliphatic carbocycles. The van der Waals surface area contributed by atoms with Crippen molar-refractivity contribution in [2.75, 3.05) is 27.2 Å². The van der Waals surface area contributed by atoms with Gasteiger partial charge < -0.3 is 41.7 Å². The van der Waals surface area contributed by atoms with Crippen LogP contribution in [0.25, 0.3) is 21.5 Å². The van der Waals surface area contributed by atoms with Gasteiger partial charge in [0.05, 0.1) is 18.1 Å². The fourth-order valence-corrected chi connectivity index (χ4v) is 9.97. The van der Waals surface area contributed by atoms with Crippen molar-refractivity contribution in [1.82, 2.24) is 41.7 Å². The van der Waals surface area contributed by atoms with Crippen LogP contribution in [0.3, 0.4) is 0 Å². The van der Waals surface area contributed by atoms with E-state index in [0.29, 0.717) is 30.4 Å². The highest BCUT2D eigenvalue weighted by molar-refractivity contribution is 5.99. The van der Waals surface area contributed by atoms with Gasteiger partial charge in [-0.2, -0.15) is 0 Å². The summed E-state index contributed by atoms with van der Waals surface area (Å²) in [7, 11) is 3.40. The van der Waals surface area contributed by atoms with Crippen molar-refractivity contribution in [2.45, 2.75) is 123 Å². The molecule has 0 aromatic heterocycles. The van der Waals surface area contributed by atoms with E-state index in [2.05, 4.69) is 56.2 Å². The van der Waals surface area contributed by atoms with Gasteiger partial charge in [0, 0.05) is 42.3 Å². The molecule has 2 saturated heterocycles. The fourth-order valence-electron chi connectivity index (χ4n) is 9.97. The predicted molar refractivity (Wildman–Crippen MR) is 280 cm³/mol. The van der Waals surface area contributed by atoms with Crippen LogP contribution in [0.2, 0.25) is 0 Å². The number of nitrogens with one attached hydrogen (secondary N) is 6. The number of carbonyl (C=O) groups excluding carboxylic acids is 6. The largest absolute Gasteiger partial charge is 0.347 e. The zero-order chi connectivity index (χ0) is 51.4. The molecule has 14 heteroatoms. The number of likely N-dealkylation sites (N-methyl/N-ethyl adjacent to an activating group) is 2. The molecule has 5 aromatic rings. The van der Waals surface area contributed by atoms with Crippen LogP contribution in [-0.4, -0.2) is 115 Å². The number of rotatable bonds is 15. The Morgan fingerprint density at radius 3 is 1.51 bits per heavy atom. The molecule has 7 rings (SSSR count). The number of amides is 6. The molecule has 1 unspecified atom stereocenters. The Kier molecular flexibility index (Phi) is 16.0. The maximum absolute atomic E-state index is 14.7. The summed E-state index contributed by atoms with van der Waals surface area (Å²) in [5, 5.41) is 22.5. The average Bonchev–Trinajstić information content (AvgIpc) is 3.96. The first-order chi connectivity index (χ1) is 33.7. The first-order valence-electron chi connectivity index (χ1n) is 24.9. The Morgan fingerprint density at radius 2 is 0.986 bits per heavy atom. The number of hydrogen-bond donors (Lipinski definition) is 6. The molecule has 14 nitrogen and oxygen atoms in total. The molecule has 6 amide bonds. The molecule has 0 saturated carbocycles. The van der Waals surface area contributed by atoms with Crippen molar-refractivity contribution < 1.29 is 28.8 Å². The van der Waals surface area contributed by atoms with Crippen LogP contribution in [-0.2, 0) is 25.6 Å². The molecule has 5 aromatic carbocycles. The zero-order valence-electron chi connectivity index (χ0n) is 42.9. The highest BCUT2D eigenvalue weighted by atomic mass is 16.2. The van der Waals surface area contributed by atoms with E-state index in [9.17, 15) is 28.8 Å². The second-order valence-corrected chi connectivity index (χ2v) is 21.6. The minimum absolute atomic E-state index is 0.204. The van der Waals surface area contributed by atoms with Crippen LogP contribution in [0.15, 0.2) is 109 Å². The van der Waals surface area contributed by atoms with E-state index < -0.39 is 41.0 Å². The van der Waals surface area contributed by atoms with Crippen LogP contribution in [0, 0.1) is 10.8 Å². The molecule has 8 atom stereocenters. The maximum Gasteiger partial charge on any atom is 0.251 e. The van der Waals surface area contributed by atoms with E-state index in [1.807, 2.05) is 107 Å². The summed E-state index contributed by atoms with van der Waals surface area (Å²) in [4.78, 5) is 87.4. The third-order valence-electron chi connectivity index (χ3n) is 14.3. The maximum atomic E-state index is 14.7. The predicted octanol–water partition coefficient (Wildman–Crippen LogP) is 6.28. The standard InChI is InChI=1S/C57H72N8O6/c1-34(58-9)50(66)62-48(56(3,4)5)54(70)64-32-41(30-43(64)29-40-21-15-19-36-17-11-13-22-44(36)40)60-52(68)38-25-27-39(28-26-38)53(69)61-42-31-47(46-24-16-20-37-18-12-14-23-45(37)46)65(33-42)55(71)49(57(6,7)8)63-51(67)35(2)59-10/h11-28,34-35,41-43,47-49,58-59H,29-33H2,1-10H3,(H,60,68)(H,61,69)(H,62,66)(H,63,67)/t34-,35-,41-,42-,43+,47?,48+,49+/m0/s1. The van der Waals surface area contributed by atoms with Gasteiger partial charge in [0.25, 0.3) is 11.8 Å². The Bertz CT molecular complexity index is 2750. The van der Waals surface area contributed by atoms with Crippen molar-refractivity contribution in [3.05, 3.63) is 131 Å². The Balaban J connectivity index is 1.08. The van der Waals surface area contributed by atoms with E-state index >= 15 is 0 Å². The summed E-state index contributed by atoms with van der Waals surface area (Å²) >= 11 is 0. The first kappa shape index (κ1) is 52.2. The van der Waals surface area contributed by atoms with Crippen LogP contribution < -0.4 is 31.9 Å². The van der Waals surface area contributed by atoms with Gasteiger partial charge in [0.15, 0.2) is 0 Å². The Labute approximate surface area is 418 Å². The number of nitrogens with zero attached hydrogens (tertiary/aromatic N) is 2. The molecule has 376 valence electrons. The molecular formula is C57H72N8O6. The second kappa shape index (κ2) is 21.8. The average molecular weight is 965 g/mol. The summed E-state index contributed by atoms with van der Waals surface area (Å²) in [6, 6.07) is 30.7. The van der Waals surface area contributed by atoms with Crippen molar-refractivity contribution >= 4 is 57.0 Å². The van der Waals surface area contributed by atoms with Gasteiger partial charge in [0.1, 0.15) is 12.1 Å². The summed E-state index contributed by atoms with van der Waals surface area (Å²) < 4.78 is 0. The van der Waals surface area contributed by atoms with Crippen LogP contribution >= 0.6 is 0 Å². The topological polar surface area (TPSA) is 181 Å². The molecule has 0 bridgehead atoms. The summed E-state index contributed by atoms with van der Waals surface area (Å²) in [5.74, 6) is -1.67. The van der Waals surface area contributed by atoms with Gasteiger partial charge in [0.2, 0.25) is 23.6 Å². The van der Waals surface area contributed by atoms with E-state index in [4.69, 9.17) is 0 Å². The van der Waals surface area contributed by atoms with E-state index in [1.54, 1.807) is 57.1 Å². The van der Waals surface area contributed by atoms with Crippen molar-refractivity contribution in [2.24, 2.45) is 10.8 Å². The van der Waals surface area contributed by atoms with Crippen molar-refractivity contribution in [3.8, 4) is 0 Å². The minimum Gasteiger partial charge on any atom is -0.347 e. The second-order valence-electron chi connectivity index (χ2n) is 21.6. The first-order valence-corrected chi connectivity index (χ1v) is 24.9. The molecule has 2 fully saturated rings. The van der Waals surface area contributed by atoms with Gasteiger partial charge in [-0.3, -0.25) is 28.8 Å². The van der Waals surface area contributed by atoms with Gasteiger partial charge in [-0.1, -0.05) is 126 Å². The molecule has 2 aliphatic heterocycles. The van der Waals surface area contributed by atoms with Crippen LogP contribution in [0.4, 0.5) is 0 Å².